The van der Waals surface area contributed by atoms with Crippen LogP contribution in [-0.4, -0.2) is 87.2 Å². The smallest absolute Gasteiger partial charge is 0.322 e. The summed E-state index contributed by atoms with van der Waals surface area (Å²) in [7, 11) is 5.99. The highest BCUT2D eigenvalue weighted by molar-refractivity contribution is 6.32. The molecule has 0 bridgehead atoms. The minimum Gasteiger partial charge on any atom is -0.322 e. The summed E-state index contributed by atoms with van der Waals surface area (Å²) in [6.45, 7) is 3.39. The fourth-order valence-corrected chi connectivity index (χ4v) is 5.91. The van der Waals surface area contributed by atoms with Gasteiger partial charge in [-0.15, -0.1) is 0 Å². The Hall–Kier alpha value is -4.78. The van der Waals surface area contributed by atoms with Gasteiger partial charge >= 0.3 is 6.03 Å². The molecule has 6 rings (SSSR count). The second-order valence-corrected chi connectivity index (χ2v) is 12.5. The van der Waals surface area contributed by atoms with Crippen LogP contribution in [0.25, 0.3) is 0 Å². The molecule has 13 heteroatoms. The molecule has 47 heavy (non-hydrogen) atoms. The molecule has 0 radical (unpaired) electrons. The molecular formula is C34H39ClN10O2. The number of carbonyl (C=O) groups is 2. The van der Waals surface area contributed by atoms with Gasteiger partial charge < -0.3 is 25.3 Å². The molecule has 0 spiro atoms. The predicted octanol–water partition coefficient (Wildman–Crippen LogP) is 5.67. The van der Waals surface area contributed by atoms with Crippen molar-refractivity contribution >= 4 is 52.4 Å². The average Bonchev–Trinajstić information content (AvgIpc) is 3.41. The quantitative estimate of drug-likeness (QED) is 0.210. The number of piperidine rings is 1. The van der Waals surface area contributed by atoms with Crippen molar-refractivity contribution in [2.24, 2.45) is 0 Å². The maximum absolute atomic E-state index is 14.2. The van der Waals surface area contributed by atoms with E-state index in [-0.39, 0.29) is 18.0 Å². The number of amides is 3. The Balaban J connectivity index is 1.29. The zero-order valence-corrected chi connectivity index (χ0v) is 27.6. The maximum Gasteiger partial charge on any atom is 0.330 e. The molecule has 2 aliphatic rings. The van der Waals surface area contributed by atoms with E-state index in [9.17, 15) is 9.59 Å². The van der Waals surface area contributed by atoms with E-state index in [0.29, 0.717) is 53.6 Å². The third-order valence-corrected chi connectivity index (χ3v) is 8.48. The summed E-state index contributed by atoms with van der Waals surface area (Å²) >= 11 is 6.56. The summed E-state index contributed by atoms with van der Waals surface area (Å²) < 4.78 is 1.92. The van der Waals surface area contributed by atoms with Gasteiger partial charge in [0.05, 0.1) is 30.2 Å². The van der Waals surface area contributed by atoms with Gasteiger partial charge in [0, 0.05) is 36.6 Å². The number of halogens is 1. The van der Waals surface area contributed by atoms with E-state index >= 15 is 0 Å². The summed E-state index contributed by atoms with van der Waals surface area (Å²) in [5, 5.41) is 11.0. The molecular weight excluding hydrogens is 616 g/mol. The van der Waals surface area contributed by atoms with Crippen LogP contribution in [0.1, 0.15) is 30.0 Å². The minimum atomic E-state index is -0.258. The van der Waals surface area contributed by atoms with E-state index in [1.54, 1.807) is 40.3 Å². The molecule has 0 atom stereocenters. The molecule has 2 N–H and O–H groups in total. The Morgan fingerprint density at radius 2 is 1.89 bits per heavy atom. The van der Waals surface area contributed by atoms with Gasteiger partial charge in [0.15, 0.2) is 11.0 Å². The molecule has 1 saturated heterocycles. The highest BCUT2D eigenvalue weighted by Crippen LogP contribution is 2.36. The van der Waals surface area contributed by atoms with Crippen LogP contribution in [0.15, 0.2) is 79.1 Å². The van der Waals surface area contributed by atoms with Gasteiger partial charge in [0.2, 0.25) is 11.9 Å². The number of rotatable bonds is 10. The van der Waals surface area contributed by atoms with Gasteiger partial charge in [-0.25, -0.2) is 14.7 Å². The molecule has 2 aromatic carbocycles. The molecule has 2 aromatic heterocycles. The number of nitrogens with one attached hydrogen (secondary N) is 2. The fourth-order valence-electron chi connectivity index (χ4n) is 5.73. The summed E-state index contributed by atoms with van der Waals surface area (Å²) in [4.78, 5) is 43.8. The van der Waals surface area contributed by atoms with Crippen LogP contribution < -0.4 is 15.5 Å². The Kier molecular flexibility index (Phi) is 9.81. The molecule has 2 aliphatic heterocycles. The number of nitrogens with zero attached hydrogens (tertiary/aromatic N) is 8. The summed E-state index contributed by atoms with van der Waals surface area (Å²) in [6.07, 6.45) is 8.90. The topological polar surface area (TPSA) is 115 Å². The van der Waals surface area contributed by atoms with Gasteiger partial charge in [-0.1, -0.05) is 54.1 Å². The molecule has 4 heterocycles. The molecule has 1 fully saturated rings. The number of hydrogen-bond donors (Lipinski definition) is 2. The zero-order chi connectivity index (χ0) is 32.9. The number of hydrogen-bond acceptors (Lipinski definition) is 8. The predicted molar refractivity (Wildman–Crippen MR) is 184 cm³/mol. The Bertz CT molecular complexity index is 1750. The fraction of sp³-hybridized carbons (Fsp3) is 0.324. The van der Waals surface area contributed by atoms with E-state index in [2.05, 4.69) is 32.7 Å². The number of benzene rings is 2. The van der Waals surface area contributed by atoms with Gasteiger partial charge in [-0.2, -0.15) is 10.1 Å². The molecule has 0 unspecified atom stereocenters. The van der Waals surface area contributed by atoms with Gasteiger partial charge in [-0.3, -0.25) is 9.48 Å². The Labute approximate surface area is 279 Å². The summed E-state index contributed by atoms with van der Waals surface area (Å²) in [5.41, 5.74) is 3.49. The Morgan fingerprint density at radius 1 is 1.11 bits per heavy atom. The first-order chi connectivity index (χ1) is 22.7. The number of aromatic nitrogens is 4. The highest BCUT2D eigenvalue weighted by atomic mass is 35.5. The van der Waals surface area contributed by atoms with Crippen LogP contribution in [0.5, 0.6) is 0 Å². The molecule has 0 aliphatic carbocycles. The van der Waals surface area contributed by atoms with Gasteiger partial charge in [0.25, 0.3) is 0 Å². The van der Waals surface area contributed by atoms with Crippen LogP contribution in [-0.2, 0) is 17.9 Å². The standard InChI is InChI=1S/C34H39ClN10O2/c1-41(2)16-8-13-30(46)37-26-11-7-12-28(19-26)45-32-25(22-43(34(45)47)21-24-9-5-4-6-10-24)20-36-33(39-32)38-29-23-44(40-31(29)35)27-14-17-42(3)18-15-27/h4-13,19-20,23,27H,14-18,21-22H2,1-3H3,(H,37,46)(H,36,38,39)/b13-8+. The van der Waals surface area contributed by atoms with Crippen molar-refractivity contribution in [2.75, 3.05) is 56.3 Å². The lowest BCUT2D eigenvalue weighted by atomic mass is 10.1. The normalized spacial score (nSPS) is 15.8. The van der Waals surface area contributed by atoms with Gasteiger partial charge in [0.1, 0.15) is 0 Å². The lowest BCUT2D eigenvalue weighted by molar-refractivity contribution is -0.111. The monoisotopic (exact) mass is 654 g/mol. The minimum absolute atomic E-state index is 0.242. The molecule has 4 aromatic rings. The number of carbonyl (C=O) groups excluding carboxylic acids is 2. The number of anilines is 5. The van der Waals surface area contributed by atoms with Crippen LogP contribution in [0.2, 0.25) is 5.15 Å². The van der Waals surface area contributed by atoms with Crippen LogP contribution in [0, 0.1) is 0 Å². The van der Waals surface area contributed by atoms with Crippen molar-refractivity contribution < 1.29 is 9.59 Å². The van der Waals surface area contributed by atoms with E-state index in [0.717, 1.165) is 37.1 Å². The lowest BCUT2D eigenvalue weighted by Gasteiger charge is -2.36. The molecule has 0 saturated carbocycles. The van der Waals surface area contributed by atoms with Crippen molar-refractivity contribution in [1.82, 2.24) is 34.4 Å². The van der Waals surface area contributed by atoms with Crippen molar-refractivity contribution in [1.29, 1.82) is 0 Å². The first-order valence-electron chi connectivity index (χ1n) is 15.6. The number of fused-ring (bicyclic) bond motifs is 1. The third-order valence-electron chi connectivity index (χ3n) is 8.20. The van der Waals surface area contributed by atoms with Crippen molar-refractivity contribution in [3.8, 4) is 0 Å². The molecule has 244 valence electrons. The SMILES string of the molecule is CN(C)C/C=C/C(=O)Nc1cccc(N2C(=O)N(Cc3ccccc3)Cc3cnc(Nc4cn(C5CCN(C)CC5)nc4Cl)nc32)c1. The summed E-state index contributed by atoms with van der Waals surface area (Å²) in [6, 6.07) is 17.0. The van der Waals surface area contributed by atoms with E-state index < -0.39 is 0 Å². The second-order valence-electron chi connectivity index (χ2n) is 12.2. The van der Waals surface area contributed by atoms with Crippen LogP contribution in [0.3, 0.4) is 0 Å². The molecule has 12 nitrogen and oxygen atoms in total. The van der Waals surface area contributed by atoms with Crippen molar-refractivity contribution in [3.63, 3.8) is 0 Å². The largest absolute Gasteiger partial charge is 0.330 e. The zero-order valence-electron chi connectivity index (χ0n) is 26.8. The molecule has 3 amide bonds. The summed E-state index contributed by atoms with van der Waals surface area (Å²) in [5.74, 6) is 0.481. The van der Waals surface area contributed by atoms with Crippen LogP contribution >= 0.6 is 11.6 Å². The highest BCUT2D eigenvalue weighted by Gasteiger charge is 2.34. The van der Waals surface area contributed by atoms with E-state index in [1.807, 2.05) is 66.3 Å². The second kappa shape index (κ2) is 14.3. The lowest BCUT2D eigenvalue weighted by Crippen LogP contribution is -2.45. The van der Waals surface area contributed by atoms with Crippen molar-refractivity contribution in [2.45, 2.75) is 32.0 Å². The van der Waals surface area contributed by atoms with E-state index in [4.69, 9.17) is 16.6 Å². The van der Waals surface area contributed by atoms with Crippen molar-refractivity contribution in [3.05, 3.63) is 95.4 Å². The van der Waals surface area contributed by atoms with E-state index in [1.165, 1.54) is 6.08 Å². The number of likely N-dealkylation sites (N-methyl/N-ethyl adjacent to an activating group) is 1. The Morgan fingerprint density at radius 3 is 2.66 bits per heavy atom. The maximum atomic E-state index is 14.2. The van der Waals surface area contributed by atoms with Gasteiger partial charge in [-0.05, 0) is 70.8 Å². The third kappa shape index (κ3) is 7.79. The average molecular weight is 655 g/mol. The first kappa shape index (κ1) is 32.2. The van der Waals surface area contributed by atoms with Crippen LogP contribution in [0.4, 0.5) is 33.6 Å². The first-order valence-corrected chi connectivity index (χ1v) is 16.0. The number of urea groups is 1. The number of likely N-dealkylation sites (tertiary alicyclic amines) is 1.